The van der Waals surface area contributed by atoms with Crippen LogP contribution in [0.3, 0.4) is 0 Å². The van der Waals surface area contributed by atoms with Gasteiger partial charge in [-0.25, -0.2) is 9.18 Å². The highest BCUT2D eigenvalue weighted by atomic mass is 19.1. The molecule has 23 heavy (non-hydrogen) atoms. The van der Waals surface area contributed by atoms with Gasteiger partial charge in [-0.1, -0.05) is 6.07 Å². The van der Waals surface area contributed by atoms with E-state index >= 15 is 0 Å². The zero-order valence-corrected chi connectivity index (χ0v) is 13.0. The monoisotopic (exact) mass is 321 g/mol. The second-order valence-electron chi connectivity index (χ2n) is 5.84. The molecule has 2 unspecified atom stereocenters. The minimum Gasteiger partial charge on any atom is -0.383 e. The average molecular weight is 321 g/mol. The summed E-state index contributed by atoms with van der Waals surface area (Å²) < 4.78 is 18.2. The topological polar surface area (TPSA) is 61.9 Å². The Balaban J connectivity index is 1.66. The van der Waals surface area contributed by atoms with Crippen LogP contribution in [0.5, 0.6) is 0 Å². The predicted octanol–water partition coefficient (Wildman–Crippen LogP) is 1.68. The van der Waals surface area contributed by atoms with Gasteiger partial charge in [0.25, 0.3) is 0 Å². The Labute approximate surface area is 134 Å². The predicted molar refractivity (Wildman–Crippen MR) is 82.5 cm³/mol. The molecule has 2 fully saturated rings. The molecule has 6 nitrogen and oxygen atoms in total. The van der Waals surface area contributed by atoms with Gasteiger partial charge in [0.1, 0.15) is 5.82 Å². The SMILES string of the molecule is COCCN1C(=O)CC2C1CCN2C(=O)Nc1cccc(F)c1. The normalized spacial score (nSPS) is 23.3. The second-order valence-corrected chi connectivity index (χ2v) is 5.84. The van der Waals surface area contributed by atoms with Crippen LogP contribution in [0.1, 0.15) is 12.8 Å². The first-order chi connectivity index (χ1) is 11.1. The summed E-state index contributed by atoms with van der Waals surface area (Å²) in [6, 6.07) is 5.43. The summed E-state index contributed by atoms with van der Waals surface area (Å²) in [5.41, 5.74) is 0.416. The number of benzene rings is 1. The number of ether oxygens (including phenoxy) is 1. The number of rotatable bonds is 4. The van der Waals surface area contributed by atoms with Crippen molar-refractivity contribution in [1.29, 1.82) is 0 Å². The molecule has 124 valence electrons. The zero-order chi connectivity index (χ0) is 16.4. The number of nitrogens with zero attached hydrogens (tertiary/aromatic N) is 2. The molecule has 0 spiro atoms. The molecule has 0 aliphatic carbocycles. The fraction of sp³-hybridized carbons (Fsp3) is 0.500. The van der Waals surface area contributed by atoms with Crippen LogP contribution < -0.4 is 5.32 Å². The number of fused-ring (bicyclic) bond motifs is 1. The molecule has 2 aliphatic rings. The lowest BCUT2D eigenvalue weighted by atomic mass is 10.1. The van der Waals surface area contributed by atoms with Gasteiger partial charge >= 0.3 is 6.03 Å². The third-order valence-corrected chi connectivity index (χ3v) is 4.49. The number of hydrogen-bond acceptors (Lipinski definition) is 3. The highest BCUT2D eigenvalue weighted by Gasteiger charge is 2.48. The van der Waals surface area contributed by atoms with Crippen LogP contribution in [-0.2, 0) is 9.53 Å². The number of anilines is 1. The van der Waals surface area contributed by atoms with E-state index in [1.54, 1.807) is 24.1 Å². The number of amides is 3. The number of halogens is 1. The van der Waals surface area contributed by atoms with E-state index in [1.165, 1.54) is 12.1 Å². The summed E-state index contributed by atoms with van der Waals surface area (Å²) in [7, 11) is 1.60. The van der Waals surface area contributed by atoms with E-state index < -0.39 is 5.82 Å². The first-order valence-corrected chi connectivity index (χ1v) is 7.71. The summed E-state index contributed by atoms with van der Waals surface area (Å²) in [4.78, 5) is 28.1. The lowest BCUT2D eigenvalue weighted by Crippen LogP contribution is -2.42. The number of nitrogens with one attached hydrogen (secondary N) is 1. The third-order valence-electron chi connectivity index (χ3n) is 4.49. The van der Waals surface area contributed by atoms with Crippen molar-refractivity contribution in [3.63, 3.8) is 0 Å². The van der Waals surface area contributed by atoms with Gasteiger partial charge < -0.3 is 19.9 Å². The Morgan fingerprint density at radius 1 is 1.43 bits per heavy atom. The minimum atomic E-state index is -0.399. The molecule has 0 aromatic heterocycles. The van der Waals surface area contributed by atoms with Gasteiger partial charge in [-0.3, -0.25) is 4.79 Å². The van der Waals surface area contributed by atoms with E-state index in [0.29, 0.717) is 31.8 Å². The summed E-state index contributed by atoms with van der Waals surface area (Å²) in [6.45, 7) is 1.63. The van der Waals surface area contributed by atoms with Crippen molar-refractivity contribution in [3.8, 4) is 0 Å². The third kappa shape index (κ3) is 3.14. The highest BCUT2D eigenvalue weighted by molar-refractivity contribution is 5.91. The minimum absolute atomic E-state index is 0.0518. The van der Waals surface area contributed by atoms with Gasteiger partial charge in [0.15, 0.2) is 0 Å². The van der Waals surface area contributed by atoms with Crippen LogP contribution in [0.4, 0.5) is 14.9 Å². The van der Waals surface area contributed by atoms with E-state index in [1.807, 2.05) is 4.90 Å². The van der Waals surface area contributed by atoms with Gasteiger partial charge in [-0.05, 0) is 24.6 Å². The lowest BCUT2D eigenvalue weighted by Gasteiger charge is -2.25. The summed E-state index contributed by atoms with van der Waals surface area (Å²) in [5, 5.41) is 2.70. The van der Waals surface area contributed by atoms with Gasteiger partial charge in [0, 0.05) is 32.3 Å². The molecule has 0 radical (unpaired) electrons. The van der Waals surface area contributed by atoms with Crippen molar-refractivity contribution in [2.75, 3.05) is 32.1 Å². The van der Waals surface area contributed by atoms with Crippen LogP contribution >= 0.6 is 0 Å². The number of methoxy groups -OCH3 is 1. The Morgan fingerprint density at radius 2 is 2.26 bits per heavy atom. The Morgan fingerprint density at radius 3 is 3.00 bits per heavy atom. The molecular weight excluding hydrogens is 301 g/mol. The molecular formula is C16H20FN3O3. The van der Waals surface area contributed by atoms with Crippen LogP contribution in [0.15, 0.2) is 24.3 Å². The van der Waals surface area contributed by atoms with Crippen LogP contribution in [-0.4, -0.2) is 60.6 Å². The number of urea groups is 1. The quantitative estimate of drug-likeness (QED) is 0.918. The molecule has 3 amide bonds. The largest absolute Gasteiger partial charge is 0.383 e. The molecule has 2 saturated heterocycles. The maximum Gasteiger partial charge on any atom is 0.322 e. The summed E-state index contributed by atoms with van der Waals surface area (Å²) in [5.74, 6) is -0.343. The highest BCUT2D eigenvalue weighted by Crippen LogP contribution is 2.32. The first kappa shape index (κ1) is 15.7. The van der Waals surface area contributed by atoms with Crippen molar-refractivity contribution >= 4 is 17.6 Å². The van der Waals surface area contributed by atoms with Gasteiger partial charge in [-0.2, -0.15) is 0 Å². The number of hydrogen-bond donors (Lipinski definition) is 1. The molecule has 1 aromatic rings. The molecule has 1 N–H and O–H groups in total. The van der Waals surface area contributed by atoms with E-state index in [0.717, 1.165) is 6.42 Å². The lowest BCUT2D eigenvalue weighted by molar-refractivity contribution is -0.129. The number of likely N-dealkylation sites (tertiary alicyclic amines) is 2. The fourth-order valence-corrected chi connectivity index (χ4v) is 3.42. The fourth-order valence-electron chi connectivity index (χ4n) is 3.42. The first-order valence-electron chi connectivity index (χ1n) is 7.71. The van der Waals surface area contributed by atoms with Crippen LogP contribution in [0, 0.1) is 5.82 Å². The van der Waals surface area contributed by atoms with Crippen LogP contribution in [0.25, 0.3) is 0 Å². The van der Waals surface area contributed by atoms with Crippen molar-refractivity contribution in [1.82, 2.24) is 9.80 Å². The van der Waals surface area contributed by atoms with Crippen LogP contribution in [0.2, 0.25) is 0 Å². The Bertz CT molecular complexity index is 610. The van der Waals surface area contributed by atoms with E-state index in [2.05, 4.69) is 5.32 Å². The molecule has 2 aliphatic heterocycles. The van der Waals surface area contributed by atoms with Gasteiger partial charge in [0.2, 0.25) is 5.91 Å². The average Bonchev–Trinajstić information content (AvgIpc) is 3.03. The molecule has 2 atom stereocenters. The maximum absolute atomic E-state index is 13.2. The molecule has 3 rings (SSSR count). The van der Waals surface area contributed by atoms with E-state index in [4.69, 9.17) is 4.74 Å². The van der Waals surface area contributed by atoms with E-state index in [-0.39, 0.29) is 24.0 Å². The molecule has 0 bridgehead atoms. The van der Waals surface area contributed by atoms with Crippen molar-refractivity contribution in [3.05, 3.63) is 30.1 Å². The Kier molecular flexibility index (Phi) is 4.47. The van der Waals surface area contributed by atoms with Gasteiger partial charge in [0.05, 0.1) is 18.7 Å². The van der Waals surface area contributed by atoms with Crippen molar-refractivity contribution in [2.45, 2.75) is 24.9 Å². The maximum atomic E-state index is 13.2. The number of carbonyl (C=O) groups is 2. The second kappa shape index (κ2) is 6.54. The number of carbonyl (C=O) groups excluding carboxylic acids is 2. The smallest absolute Gasteiger partial charge is 0.322 e. The summed E-state index contributed by atoms with van der Waals surface area (Å²) >= 11 is 0. The van der Waals surface area contributed by atoms with Crippen molar-refractivity contribution < 1.29 is 18.7 Å². The zero-order valence-electron chi connectivity index (χ0n) is 13.0. The van der Waals surface area contributed by atoms with Gasteiger partial charge in [-0.15, -0.1) is 0 Å². The molecule has 7 heteroatoms. The summed E-state index contributed by atoms with van der Waals surface area (Å²) in [6.07, 6.45) is 1.10. The molecule has 0 saturated carbocycles. The van der Waals surface area contributed by atoms with Crippen molar-refractivity contribution in [2.24, 2.45) is 0 Å². The van der Waals surface area contributed by atoms with E-state index in [9.17, 15) is 14.0 Å². The standard InChI is InChI=1S/C16H20FN3O3/c1-23-8-7-19-13-5-6-20(14(13)10-15(19)21)16(22)18-12-4-2-3-11(17)9-12/h2-4,9,13-14H,5-8,10H2,1H3,(H,18,22). The molecule has 1 aromatic carbocycles. The Hall–Kier alpha value is -2.15. The molecule has 2 heterocycles.